The Bertz CT molecular complexity index is 785. The quantitative estimate of drug-likeness (QED) is 0.321. The van der Waals surface area contributed by atoms with Crippen LogP contribution < -0.4 is 5.73 Å². The number of hydrogen-bond acceptors (Lipinski definition) is 7. The molecule has 0 saturated heterocycles. The molecule has 0 spiro atoms. The van der Waals surface area contributed by atoms with Crippen LogP contribution in [0.25, 0.3) is 11.2 Å². The van der Waals surface area contributed by atoms with E-state index in [-0.39, 0.29) is 19.1 Å². The molecule has 0 amide bonds. The van der Waals surface area contributed by atoms with E-state index in [1.165, 1.54) is 38.4 Å². The summed E-state index contributed by atoms with van der Waals surface area (Å²) < 4.78 is 24.6. The van der Waals surface area contributed by atoms with Crippen LogP contribution in [0, 0.1) is 0 Å². The van der Waals surface area contributed by atoms with Crippen molar-refractivity contribution in [2.45, 2.75) is 77.9 Å². The molecule has 0 radical (unpaired) electrons. The van der Waals surface area contributed by atoms with E-state index in [0.29, 0.717) is 23.5 Å². The molecule has 2 aromatic rings. The Morgan fingerprint density at radius 1 is 1.14 bits per heavy atom. The van der Waals surface area contributed by atoms with E-state index < -0.39 is 7.60 Å². The van der Waals surface area contributed by atoms with Gasteiger partial charge in [-0.15, -0.1) is 0 Å². The molecule has 9 nitrogen and oxygen atoms in total. The van der Waals surface area contributed by atoms with Crippen LogP contribution in [0.5, 0.6) is 0 Å². The van der Waals surface area contributed by atoms with E-state index in [1.807, 2.05) is 6.92 Å². The Morgan fingerprint density at radius 3 is 2.55 bits per heavy atom. The summed E-state index contributed by atoms with van der Waals surface area (Å²) >= 11 is 0. The van der Waals surface area contributed by atoms with Gasteiger partial charge in [-0.05, 0) is 13.3 Å². The number of fused-ring (bicyclic) bond motifs is 1. The highest BCUT2D eigenvalue weighted by Crippen LogP contribution is 2.42. The monoisotopic (exact) mass is 427 g/mol. The zero-order valence-electron chi connectivity index (χ0n) is 17.5. The van der Waals surface area contributed by atoms with E-state index in [9.17, 15) is 9.46 Å². The maximum atomic E-state index is 12.1. The molecule has 0 saturated carbocycles. The SMILES string of the molecule is CCCCCCCCCCOP(=O)(O)CO[C@H](C)Cn1cnc2c(N)ncnc21. The molecule has 2 rings (SSSR count). The first-order valence-electron chi connectivity index (χ1n) is 10.4. The smallest absolute Gasteiger partial charge is 0.353 e. The summed E-state index contributed by atoms with van der Waals surface area (Å²) in [6.07, 6.45) is 11.6. The van der Waals surface area contributed by atoms with Crippen LogP contribution in [-0.4, -0.2) is 43.5 Å². The van der Waals surface area contributed by atoms with Crippen molar-refractivity contribution in [2.75, 3.05) is 18.7 Å². The van der Waals surface area contributed by atoms with Gasteiger partial charge in [0.1, 0.15) is 18.2 Å². The van der Waals surface area contributed by atoms with Crippen molar-refractivity contribution in [2.24, 2.45) is 0 Å². The number of rotatable bonds is 15. The van der Waals surface area contributed by atoms with Gasteiger partial charge in [0, 0.05) is 0 Å². The molecule has 164 valence electrons. The summed E-state index contributed by atoms with van der Waals surface area (Å²) in [6, 6.07) is 0. The van der Waals surface area contributed by atoms with Gasteiger partial charge < -0.3 is 24.5 Å². The van der Waals surface area contributed by atoms with Crippen LogP contribution in [0.15, 0.2) is 12.7 Å². The highest BCUT2D eigenvalue weighted by Gasteiger charge is 2.21. The molecular formula is C19H34N5O4P. The van der Waals surface area contributed by atoms with Gasteiger partial charge in [-0.2, -0.15) is 0 Å². The van der Waals surface area contributed by atoms with E-state index in [2.05, 4.69) is 21.9 Å². The Morgan fingerprint density at radius 2 is 1.83 bits per heavy atom. The number of nitrogens with zero attached hydrogens (tertiary/aromatic N) is 4. The lowest BCUT2D eigenvalue weighted by molar-refractivity contribution is 0.0715. The number of nitrogens with two attached hydrogens (primary N) is 1. The molecule has 0 aliphatic rings. The Labute approximate surface area is 172 Å². The van der Waals surface area contributed by atoms with Gasteiger partial charge >= 0.3 is 7.60 Å². The molecule has 3 N–H and O–H groups in total. The Balaban J connectivity index is 1.63. The fourth-order valence-electron chi connectivity index (χ4n) is 3.06. The lowest BCUT2D eigenvalue weighted by atomic mass is 10.1. The van der Waals surface area contributed by atoms with Crippen molar-refractivity contribution >= 4 is 24.6 Å². The lowest BCUT2D eigenvalue weighted by Gasteiger charge is -2.17. The van der Waals surface area contributed by atoms with Gasteiger partial charge in [0.2, 0.25) is 0 Å². The summed E-state index contributed by atoms with van der Waals surface area (Å²) in [7, 11) is -3.76. The van der Waals surface area contributed by atoms with Crippen molar-refractivity contribution in [3.05, 3.63) is 12.7 Å². The second-order valence-electron chi connectivity index (χ2n) is 7.38. The van der Waals surface area contributed by atoms with E-state index in [4.69, 9.17) is 15.0 Å². The summed E-state index contributed by atoms with van der Waals surface area (Å²) in [4.78, 5) is 22.2. The van der Waals surface area contributed by atoms with Gasteiger partial charge in [-0.1, -0.05) is 51.9 Å². The molecule has 2 heterocycles. The van der Waals surface area contributed by atoms with E-state index in [1.54, 1.807) is 10.9 Å². The molecule has 10 heteroatoms. The average Bonchev–Trinajstić information content (AvgIpc) is 3.09. The van der Waals surface area contributed by atoms with Crippen molar-refractivity contribution in [3.8, 4) is 0 Å². The third-order valence-corrected chi connectivity index (χ3v) is 5.76. The normalized spacial score (nSPS) is 14.9. The van der Waals surface area contributed by atoms with Crippen molar-refractivity contribution < 1.29 is 18.7 Å². The summed E-state index contributed by atoms with van der Waals surface area (Å²) in [5.41, 5.74) is 6.91. The first-order chi connectivity index (χ1) is 13.9. The second kappa shape index (κ2) is 12.2. The third kappa shape index (κ3) is 8.38. The molecule has 0 aliphatic carbocycles. The highest BCUT2D eigenvalue weighted by molar-refractivity contribution is 7.52. The fraction of sp³-hybridized carbons (Fsp3) is 0.737. The largest absolute Gasteiger partial charge is 0.382 e. The zero-order chi connectivity index (χ0) is 21.1. The summed E-state index contributed by atoms with van der Waals surface area (Å²) in [5.74, 6) is 0.316. The second-order valence-corrected chi connectivity index (χ2v) is 9.17. The fourth-order valence-corrected chi connectivity index (χ4v) is 4.00. The number of imidazole rings is 1. The molecular weight excluding hydrogens is 393 g/mol. The minimum absolute atomic E-state index is 0.281. The van der Waals surface area contributed by atoms with Gasteiger partial charge in [-0.25, -0.2) is 15.0 Å². The first kappa shape index (κ1) is 23.7. The van der Waals surface area contributed by atoms with Crippen molar-refractivity contribution in [3.63, 3.8) is 0 Å². The van der Waals surface area contributed by atoms with Crippen LogP contribution in [0.2, 0.25) is 0 Å². The number of ether oxygens (including phenoxy) is 1. The maximum absolute atomic E-state index is 12.1. The first-order valence-corrected chi connectivity index (χ1v) is 12.2. The predicted molar refractivity (Wildman–Crippen MR) is 114 cm³/mol. The van der Waals surface area contributed by atoms with Crippen LogP contribution in [0.4, 0.5) is 5.82 Å². The summed E-state index contributed by atoms with van der Waals surface area (Å²) in [6.45, 7) is 4.72. The average molecular weight is 427 g/mol. The van der Waals surface area contributed by atoms with Gasteiger partial charge in [0.05, 0.1) is 25.6 Å². The number of hydrogen-bond donors (Lipinski definition) is 2. The Hall–Kier alpha value is -1.54. The predicted octanol–water partition coefficient (Wildman–Crippen LogP) is 4.11. The lowest BCUT2D eigenvalue weighted by Crippen LogP contribution is -2.17. The molecule has 1 unspecified atom stereocenters. The molecule has 0 bridgehead atoms. The third-order valence-electron chi connectivity index (χ3n) is 4.70. The van der Waals surface area contributed by atoms with E-state index in [0.717, 1.165) is 19.3 Å². The number of anilines is 1. The van der Waals surface area contributed by atoms with Gasteiger partial charge in [-0.3, -0.25) is 4.57 Å². The summed E-state index contributed by atoms with van der Waals surface area (Å²) in [5, 5.41) is 0. The minimum Gasteiger partial charge on any atom is -0.382 e. The maximum Gasteiger partial charge on any atom is 0.353 e. The van der Waals surface area contributed by atoms with Crippen molar-refractivity contribution in [1.82, 2.24) is 19.5 Å². The van der Waals surface area contributed by atoms with Crippen LogP contribution in [-0.2, 0) is 20.4 Å². The highest BCUT2D eigenvalue weighted by atomic mass is 31.2. The number of unbranched alkanes of at least 4 members (excludes halogenated alkanes) is 7. The van der Waals surface area contributed by atoms with Gasteiger partial charge in [0.25, 0.3) is 0 Å². The standard InChI is InChI=1S/C19H34N5O4P/c1-3-4-5-6-7-8-9-10-11-28-29(25,26)15-27-16(2)12-24-14-23-17-18(20)21-13-22-19(17)24/h13-14,16H,3-12,15H2,1-2H3,(H,25,26)(H2,20,21,22)/t16-/m1/s1. The molecule has 0 aromatic carbocycles. The molecule has 29 heavy (non-hydrogen) atoms. The van der Waals surface area contributed by atoms with E-state index >= 15 is 0 Å². The van der Waals surface area contributed by atoms with Crippen LogP contribution >= 0.6 is 7.60 Å². The molecule has 2 aromatic heterocycles. The zero-order valence-corrected chi connectivity index (χ0v) is 18.4. The number of nitrogen functional groups attached to an aromatic ring is 1. The molecule has 0 fully saturated rings. The molecule has 2 atom stereocenters. The number of aromatic nitrogens is 4. The van der Waals surface area contributed by atoms with Crippen LogP contribution in [0.3, 0.4) is 0 Å². The Kier molecular flexibility index (Phi) is 10.0. The van der Waals surface area contributed by atoms with Gasteiger partial charge in [0.15, 0.2) is 11.5 Å². The topological polar surface area (TPSA) is 125 Å². The minimum atomic E-state index is -3.76. The van der Waals surface area contributed by atoms with Crippen LogP contribution in [0.1, 0.15) is 65.2 Å². The van der Waals surface area contributed by atoms with Crippen molar-refractivity contribution in [1.29, 1.82) is 0 Å². The molecule has 0 aliphatic heterocycles.